The maximum absolute atomic E-state index is 11.8. The highest BCUT2D eigenvalue weighted by Gasteiger charge is 2.31. The summed E-state index contributed by atoms with van der Waals surface area (Å²) in [6.45, 7) is 0.137. The average Bonchev–Trinajstić information content (AvgIpc) is 2.90. The highest BCUT2D eigenvalue weighted by Crippen LogP contribution is 2.37. The minimum atomic E-state index is -0.348. The van der Waals surface area contributed by atoms with E-state index < -0.39 is 0 Å². The van der Waals surface area contributed by atoms with Crippen LogP contribution >= 0.6 is 0 Å². The summed E-state index contributed by atoms with van der Waals surface area (Å²) in [5, 5.41) is 18.8. The van der Waals surface area contributed by atoms with E-state index in [1.165, 1.54) is 0 Å². The first-order valence-corrected chi connectivity index (χ1v) is 7.08. The fourth-order valence-electron chi connectivity index (χ4n) is 3.23. The molecule has 1 fully saturated rings. The van der Waals surface area contributed by atoms with Crippen molar-refractivity contribution < 1.29 is 10.2 Å². The number of nitrogens with zero attached hydrogens (tertiary/aromatic N) is 3. The lowest BCUT2D eigenvalue weighted by atomic mass is 9.77. The molecule has 0 amide bonds. The summed E-state index contributed by atoms with van der Waals surface area (Å²) < 4.78 is 1.86. The molecule has 8 nitrogen and oxygen atoms in total. The van der Waals surface area contributed by atoms with Crippen LogP contribution in [0, 0.1) is 11.8 Å². The van der Waals surface area contributed by atoms with E-state index in [4.69, 9.17) is 5.73 Å². The van der Waals surface area contributed by atoms with Gasteiger partial charge < -0.3 is 20.5 Å². The number of anilines is 1. The summed E-state index contributed by atoms with van der Waals surface area (Å²) >= 11 is 0. The molecule has 114 valence electrons. The van der Waals surface area contributed by atoms with Crippen LogP contribution < -0.4 is 11.3 Å². The number of imidazole rings is 1. The summed E-state index contributed by atoms with van der Waals surface area (Å²) in [5.74, 6) is 0.241. The number of nitrogens with two attached hydrogens (primary N) is 1. The van der Waals surface area contributed by atoms with Crippen molar-refractivity contribution in [2.75, 3.05) is 18.9 Å². The van der Waals surface area contributed by atoms with E-state index in [1.54, 1.807) is 6.33 Å². The molecule has 8 heteroatoms. The van der Waals surface area contributed by atoms with Crippen LogP contribution in [0.5, 0.6) is 0 Å². The average molecular weight is 293 g/mol. The first-order chi connectivity index (χ1) is 10.1. The van der Waals surface area contributed by atoms with E-state index in [-0.39, 0.29) is 48.1 Å². The second-order valence-corrected chi connectivity index (χ2v) is 5.63. The molecule has 0 aromatic carbocycles. The highest BCUT2D eigenvalue weighted by atomic mass is 16.3. The summed E-state index contributed by atoms with van der Waals surface area (Å²) in [4.78, 5) is 22.5. The van der Waals surface area contributed by atoms with Crippen LogP contribution in [0.4, 0.5) is 5.95 Å². The molecule has 0 spiro atoms. The highest BCUT2D eigenvalue weighted by molar-refractivity contribution is 5.70. The van der Waals surface area contributed by atoms with Crippen molar-refractivity contribution in [1.82, 2.24) is 19.5 Å². The minimum Gasteiger partial charge on any atom is -0.396 e. The lowest BCUT2D eigenvalue weighted by Crippen LogP contribution is -2.31. The van der Waals surface area contributed by atoms with Gasteiger partial charge in [0.1, 0.15) is 0 Å². The van der Waals surface area contributed by atoms with Crippen molar-refractivity contribution >= 4 is 17.1 Å². The van der Waals surface area contributed by atoms with Gasteiger partial charge in [0.2, 0.25) is 5.95 Å². The molecule has 2 aromatic heterocycles. The summed E-state index contributed by atoms with van der Waals surface area (Å²) in [6, 6.07) is 0.101. The molecule has 3 atom stereocenters. The van der Waals surface area contributed by atoms with Gasteiger partial charge in [-0.25, -0.2) is 4.98 Å². The fourth-order valence-corrected chi connectivity index (χ4v) is 3.23. The predicted octanol–water partition coefficient (Wildman–Crippen LogP) is -0.356. The number of aromatic amines is 1. The van der Waals surface area contributed by atoms with E-state index in [0.717, 1.165) is 19.3 Å². The van der Waals surface area contributed by atoms with Crippen molar-refractivity contribution in [2.45, 2.75) is 25.3 Å². The Hall–Kier alpha value is -1.93. The molecule has 0 bridgehead atoms. The third-order valence-electron chi connectivity index (χ3n) is 4.43. The number of aromatic nitrogens is 4. The number of hydrogen-bond acceptors (Lipinski definition) is 6. The normalized spacial score (nSPS) is 26.3. The molecule has 3 rings (SSSR count). The molecule has 0 radical (unpaired) electrons. The molecule has 1 saturated carbocycles. The predicted molar refractivity (Wildman–Crippen MR) is 76.6 cm³/mol. The number of aliphatic hydroxyl groups is 2. The molecule has 5 N–H and O–H groups in total. The van der Waals surface area contributed by atoms with Crippen LogP contribution in [0.1, 0.15) is 25.3 Å². The monoisotopic (exact) mass is 293 g/mol. The third kappa shape index (κ3) is 2.40. The number of aliphatic hydroxyl groups excluding tert-OH is 2. The van der Waals surface area contributed by atoms with Gasteiger partial charge in [0, 0.05) is 19.3 Å². The van der Waals surface area contributed by atoms with E-state index in [2.05, 4.69) is 15.0 Å². The zero-order chi connectivity index (χ0) is 15.0. The second-order valence-electron chi connectivity index (χ2n) is 5.63. The van der Waals surface area contributed by atoms with Crippen LogP contribution in [0.25, 0.3) is 11.2 Å². The molecule has 21 heavy (non-hydrogen) atoms. The van der Waals surface area contributed by atoms with Crippen LogP contribution in [0.15, 0.2) is 11.1 Å². The Morgan fingerprint density at radius 2 is 2.10 bits per heavy atom. The SMILES string of the molecule is Nc1nc2c(ncn2[C@@H]2CC[C@H](CO)[C@@H](CO)C2)c(=O)[nH]1. The maximum Gasteiger partial charge on any atom is 0.280 e. The standard InChI is InChI=1S/C13H19N5O3/c14-13-16-11-10(12(21)17-13)15-6-18(11)9-2-1-7(4-19)8(3-9)5-20/h6-9,19-20H,1-5H2,(H3,14,16,17,21)/t7-,8-,9-/m1/s1. The maximum atomic E-state index is 11.8. The first-order valence-electron chi connectivity index (χ1n) is 7.08. The Labute approximate surface area is 120 Å². The number of rotatable bonds is 3. The summed E-state index contributed by atoms with van der Waals surface area (Å²) in [7, 11) is 0. The van der Waals surface area contributed by atoms with Gasteiger partial charge in [0.15, 0.2) is 11.2 Å². The van der Waals surface area contributed by atoms with Crippen molar-refractivity contribution in [3.05, 3.63) is 16.7 Å². The number of H-pyrrole nitrogens is 1. The zero-order valence-corrected chi connectivity index (χ0v) is 11.6. The van der Waals surface area contributed by atoms with E-state index >= 15 is 0 Å². The van der Waals surface area contributed by atoms with Gasteiger partial charge >= 0.3 is 0 Å². The quantitative estimate of drug-likeness (QED) is 0.611. The van der Waals surface area contributed by atoms with Crippen molar-refractivity contribution in [1.29, 1.82) is 0 Å². The van der Waals surface area contributed by atoms with Gasteiger partial charge in [0.25, 0.3) is 5.56 Å². The molecular formula is C13H19N5O3. The topological polar surface area (TPSA) is 130 Å². The van der Waals surface area contributed by atoms with Gasteiger partial charge in [-0.15, -0.1) is 0 Å². The van der Waals surface area contributed by atoms with E-state index in [1.807, 2.05) is 4.57 Å². The molecule has 2 aromatic rings. The molecular weight excluding hydrogens is 274 g/mol. The Morgan fingerprint density at radius 1 is 1.33 bits per heavy atom. The third-order valence-corrected chi connectivity index (χ3v) is 4.43. The molecule has 2 heterocycles. The number of nitrogens with one attached hydrogen (secondary N) is 1. The molecule has 0 aliphatic heterocycles. The Kier molecular flexibility index (Phi) is 3.64. The second kappa shape index (κ2) is 5.45. The van der Waals surface area contributed by atoms with Crippen molar-refractivity contribution in [2.24, 2.45) is 11.8 Å². The van der Waals surface area contributed by atoms with Crippen LogP contribution in [0.3, 0.4) is 0 Å². The lowest BCUT2D eigenvalue weighted by Gasteiger charge is -2.34. The van der Waals surface area contributed by atoms with Gasteiger partial charge in [-0.3, -0.25) is 9.78 Å². The first kappa shape index (κ1) is 14.0. The molecule has 1 aliphatic carbocycles. The van der Waals surface area contributed by atoms with Crippen molar-refractivity contribution in [3.63, 3.8) is 0 Å². The zero-order valence-electron chi connectivity index (χ0n) is 11.6. The molecule has 1 aliphatic rings. The van der Waals surface area contributed by atoms with Gasteiger partial charge in [-0.1, -0.05) is 0 Å². The van der Waals surface area contributed by atoms with Crippen LogP contribution in [-0.2, 0) is 0 Å². The van der Waals surface area contributed by atoms with Gasteiger partial charge in [-0.05, 0) is 31.1 Å². The number of fused-ring (bicyclic) bond motifs is 1. The van der Waals surface area contributed by atoms with E-state index in [0.29, 0.717) is 5.65 Å². The Balaban J connectivity index is 1.96. The van der Waals surface area contributed by atoms with Gasteiger partial charge in [-0.2, -0.15) is 4.98 Å². The Bertz CT molecular complexity index is 695. The lowest BCUT2D eigenvalue weighted by molar-refractivity contribution is 0.0678. The molecule has 0 saturated heterocycles. The van der Waals surface area contributed by atoms with Crippen LogP contribution in [0.2, 0.25) is 0 Å². The number of nitrogen functional groups attached to an aromatic ring is 1. The summed E-state index contributed by atoms with van der Waals surface area (Å²) in [5.41, 5.74) is 6.00. The van der Waals surface area contributed by atoms with Gasteiger partial charge in [0.05, 0.1) is 6.33 Å². The van der Waals surface area contributed by atoms with Crippen LogP contribution in [-0.4, -0.2) is 42.9 Å². The Morgan fingerprint density at radius 3 is 2.81 bits per heavy atom. The smallest absolute Gasteiger partial charge is 0.280 e. The summed E-state index contributed by atoms with van der Waals surface area (Å²) in [6.07, 6.45) is 4.00. The molecule has 0 unspecified atom stereocenters. The number of hydrogen-bond donors (Lipinski definition) is 4. The minimum absolute atomic E-state index is 0.0461. The largest absolute Gasteiger partial charge is 0.396 e. The fraction of sp³-hybridized carbons (Fsp3) is 0.615. The van der Waals surface area contributed by atoms with E-state index in [9.17, 15) is 15.0 Å². The van der Waals surface area contributed by atoms with Crippen molar-refractivity contribution in [3.8, 4) is 0 Å².